The van der Waals surface area contributed by atoms with Gasteiger partial charge in [0.15, 0.2) is 0 Å². The summed E-state index contributed by atoms with van der Waals surface area (Å²) in [6.45, 7) is 4.04. The molecule has 0 radical (unpaired) electrons. The summed E-state index contributed by atoms with van der Waals surface area (Å²) in [5.41, 5.74) is 2.86. The summed E-state index contributed by atoms with van der Waals surface area (Å²) >= 11 is 1.62. The lowest BCUT2D eigenvalue weighted by molar-refractivity contribution is 0.0697. The molecule has 0 aromatic heterocycles. The molecule has 0 unspecified atom stereocenters. The van der Waals surface area contributed by atoms with Gasteiger partial charge in [-0.2, -0.15) is 0 Å². The molecule has 114 valence electrons. The summed E-state index contributed by atoms with van der Waals surface area (Å²) in [7, 11) is 0. The molecule has 2 fully saturated rings. The van der Waals surface area contributed by atoms with Crippen LogP contribution in [0.25, 0.3) is 0 Å². The number of aromatic carboxylic acids is 1. The molecule has 1 aliphatic carbocycles. The molecule has 0 atom stereocenters. The largest absolute Gasteiger partial charge is 0.478 e. The summed E-state index contributed by atoms with van der Waals surface area (Å²) in [6.07, 6.45) is 5.13. The summed E-state index contributed by atoms with van der Waals surface area (Å²) in [6, 6.07) is 5.55. The minimum Gasteiger partial charge on any atom is -0.478 e. The van der Waals surface area contributed by atoms with E-state index in [0.717, 1.165) is 30.2 Å². The van der Waals surface area contributed by atoms with Crippen LogP contribution >= 0.6 is 11.9 Å². The fraction of sp³-hybridized carbons (Fsp3) is 0.562. The quantitative estimate of drug-likeness (QED) is 0.809. The van der Waals surface area contributed by atoms with Crippen molar-refractivity contribution in [1.82, 2.24) is 0 Å². The second-order valence-corrected chi connectivity index (χ2v) is 7.13. The van der Waals surface area contributed by atoms with E-state index in [4.69, 9.17) is 0 Å². The van der Waals surface area contributed by atoms with Crippen molar-refractivity contribution < 1.29 is 9.90 Å². The summed E-state index contributed by atoms with van der Waals surface area (Å²) in [5, 5.41) is 9.43. The van der Waals surface area contributed by atoms with E-state index < -0.39 is 5.97 Å². The zero-order valence-corrected chi connectivity index (χ0v) is 13.2. The van der Waals surface area contributed by atoms with Gasteiger partial charge >= 0.3 is 5.97 Å². The van der Waals surface area contributed by atoms with E-state index in [1.807, 2.05) is 12.1 Å². The zero-order valence-electron chi connectivity index (χ0n) is 12.4. The molecule has 1 saturated heterocycles. The molecule has 5 heteroatoms. The second kappa shape index (κ2) is 5.79. The van der Waals surface area contributed by atoms with Gasteiger partial charge in [-0.15, -0.1) is 0 Å². The fourth-order valence-electron chi connectivity index (χ4n) is 3.09. The number of benzene rings is 1. The average Bonchev–Trinajstić information content (AvgIpc) is 3.25. The van der Waals surface area contributed by atoms with Crippen molar-refractivity contribution in [2.45, 2.75) is 32.6 Å². The van der Waals surface area contributed by atoms with E-state index in [0.29, 0.717) is 11.0 Å². The Morgan fingerprint density at radius 2 is 2.05 bits per heavy atom. The maximum absolute atomic E-state index is 11.5. The lowest BCUT2D eigenvalue weighted by atomic mass is 9.93. The molecule has 0 amide bonds. The van der Waals surface area contributed by atoms with Crippen LogP contribution in [0.3, 0.4) is 0 Å². The Morgan fingerprint density at radius 1 is 1.33 bits per heavy atom. The van der Waals surface area contributed by atoms with Gasteiger partial charge in [-0.3, -0.25) is 0 Å². The molecule has 1 heterocycles. The van der Waals surface area contributed by atoms with Gasteiger partial charge in [-0.1, -0.05) is 18.9 Å². The van der Waals surface area contributed by atoms with Crippen molar-refractivity contribution in [3.05, 3.63) is 23.8 Å². The molecule has 4 nitrogen and oxygen atoms in total. The monoisotopic (exact) mass is 306 g/mol. The van der Waals surface area contributed by atoms with Crippen LogP contribution in [0.2, 0.25) is 0 Å². The van der Waals surface area contributed by atoms with Crippen LogP contribution in [0.4, 0.5) is 11.4 Å². The van der Waals surface area contributed by atoms with Crippen molar-refractivity contribution in [3.8, 4) is 0 Å². The number of piperidine rings is 1. The molecule has 1 aliphatic heterocycles. The minimum absolute atomic E-state index is 0.411. The maximum Gasteiger partial charge on any atom is 0.337 e. The normalized spacial score (nSPS) is 19.6. The molecule has 1 aromatic carbocycles. The minimum atomic E-state index is -0.841. The first-order chi connectivity index (χ1) is 10.1. The number of anilines is 2. The van der Waals surface area contributed by atoms with E-state index in [1.165, 1.54) is 25.7 Å². The van der Waals surface area contributed by atoms with E-state index in [1.54, 1.807) is 18.0 Å². The molecule has 2 aliphatic rings. The number of carboxylic acids is 1. The van der Waals surface area contributed by atoms with E-state index in [2.05, 4.69) is 16.5 Å². The third-order valence-corrected chi connectivity index (χ3v) is 5.35. The Bertz CT molecular complexity index is 533. The number of carbonyl (C=O) groups is 1. The highest BCUT2D eigenvalue weighted by molar-refractivity contribution is 8.00. The van der Waals surface area contributed by atoms with Gasteiger partial charge < -0.3 is 14.7 Å². The topological polar surface area (TPSA) is 52.6 Å². The third kappa shape index (κ3) is 3.12. The first kappa shape index (κ1) is 14.6. The second-order valence-electron chi connectivity index (χ2n) is 6.06. The lowest BCUT2D eigenvalue weighted by Crippen LogP contribution is -2.35. The van der Waals surface area contributed by atoms with Gasteiger partial charge in [0.05, 0.1) is 11.3 Å². The Hall–Kier alpha value is -1.36. The zero-order chi connectivity index (χ0) is 14.9. The van der Waals surface area contributed by atoms with Gasteiger partial charge in [-0.25, -0.2) is 4.79 Å². The number of carboxylic acid groups (broad SMARTS) is 1. The van der Waals surface area contributed by atoms with Crippen molar-refractivity contribution in [2.24, 2.45) is 5.41 Å². The van der Waals surface area contributed by atoms with Gasteiger partial charge in [0.1, 0.15) is 0 Å². The smallest absolute Gasteiger partial charge is 0.337 e. The van der Waals surface area contributed by atoms with Crippen molar-refractivity contribution >= 4 is 29.3 Å². The molecule has 1 aromatic rings. The van der Waals surface area contributed by atoms with Crippen LogP contribution in [0.5, 0.6) is 0 Å². The van der Waals surface area contributed by atoms with Gasteiger partial charge in [0, 0.05) is 24.5 Å². The highest BCUT2D eigenvalue weighted by atomic mass is 32.2. The van der Waals surface area contributed by atoms with Gasteiger partial charge in [0.2, 0.25) is 0 Å². The van der Waals surface area contributed by atoms with E-state index in [9.17, 15) is 9.90 Å². The molecular formula is C16H22N2O2S. The number of nitrogens with zero attached hydrogens (tertiary/aromatic N) is 1. The number of hydrogen-bond acceptors (Lipinski definition) is 4. The van der Waals surface area contributed by atoms with Crippen LogP contribution < -0.4 is 9.62 Å². The Balaban J connectivity index is 1.81. The average molecular weight is 306 g/mol. The Labute approximate surface area is 130 Å². The van der Waals surface area contributed by atoms with Crippen molar-refractivity contribution in [3.63, 3.8) is 0 Å². The molecule has 0 bridgehead atoms. The molecule has 2 N–H and O–H groups in total. The van der Waals surface area contributed by atoms with Crippen LogP contribution in [0.1, 0.15) is 43.0 Å². The van der Waals surface area contributed by atoms with Crippen LogP contribution in [0.15, 0.2) is 18.2 Å². The summed E-state index contributed by atoms with van der Waals surface area (Å²) in [4.78, 5) is 13.7. The first-order valence-corrected chi connectivity index (χ1v) is 8.62. The number of nitrogens with one attached hydrogen (secondary N) is 1. The fourth-order valence-corrected chi connectivity index (χ4v) is 3.53. The Kier molecular flexibility index (Phi) is 4.02. The standard InChI is InChI=1S/C16H22N2O2S/c1-2-21-17-12-3-4-13(15(19)20)14(11-12)18-9-7-16(5-6-16)8-10-18/h3-4,11,17H,2,5-10H2,1H3,(H,19,20). The van der Waals surface area contributed by atoms with Crippen molar-refractivity contribution in [1.29, 1.82) is 0 Å². The van der Waals surface area contributed by atoms with Crippen LogP contribution in [-0.2, 0) is 0 Å². The molecule has 21 heavy (non-hydrogen) atoms. The lowest BCUT2D eigenvalue weighted by Gasteiger charge is -2.34. The first-order valence-electron chi connectivity index (χ1n) is 7.64. The highest BCUT2D eigenvalue weighted by Gasteiger charge is 2.44. The van der Waals surface area contributed by atoms with E-state index in [-0.39, 0.29) is 0 Å². The molecule has 1 spiro atoms. The summed E-state index contributed by atoms with van der Waals surface area (Å²) in [5.74, 6) is 0.133. The van der Waals surface area contributed by atoms with Crippen LogP contribution in [0, 0.1) is 5.41 Å². The van der Waals surface area contributed by atoms with Crippen molar-refractivity contribution in [2.75, 3.05) is 28.5 Å². The molecular weight excluding hydrogens is 284 g/mol. The van der Waals surface area contributed by atoms with E-state index >= 15 is 0 Å². The Morgan fingerprint density at radius 3 is 2.62 bits per heavy atom. The highest BCUT2D eigenvalue weighted by Crippen LogP contribution is 2.54. The SMILES string of the molecule is CCSNc1ccc(C(=O)O)c(N2CCC3(CC2)CC3)c1. The predicted octanol–water partition coefficient (Wildman–Crippen LogP) is 3.85. The predicted molar refractivity (Wildman–Crippen MR) is 88.3 cm³/mol. The maximum atomic E-state index is 11.5. The van der Waals surface area contributed by atoms with Gasteiger partial charge in [0.25, 0.3) is 0 Å². The third-order valence-electron chi connectivity index (χ3n) is 4.68. The van der Waals surface area contributed by atoms with Crippen LogP contribution in [-0.4, -0.2) is 29.9 Å². The number of rotatable bonds is 5. The molecule has 1 saturated carbocycles. The molecule has 3 rings (SSSR count). The summed E-state index contributed by atoms with van der Waals surface area (Å²) < 4.78 is 3.27. The number of hydrogen-bond donors (Lipinski definition) is 2. The van der Waals surface area contributed by atoms with Gasteiger partial charge in [-0.05, 0) is 49.3 Å².